The van der Waals surface area contributed by atoms with Crippen LogP contribution in [0.1, 0.15) is 23.0 Å². The van der Waals surface area contributed by atoms with Gasteiger partial charge in [-0.25, -0.2) is 4.98 Å². The van der Waals surface area contributed by atoms with Gasteiger partial charge in [0.15, 0.2) is 0 Å². The van der Waals surface area contributed by atoms with E-state index in [-0.39, 0.29) is 5.91 Å². The number of thiazole rings is 1. The Morgan fingerprint density at radius 2 is 2.07 bits per heavy atom. The highest BCUT2D eigenvalue weighted by atomic mass is 35.5. The van der Waals surface area contributed by atoms with E-state index in [0.29, 0.717) is 42.1 Å². The van der Waals surface area contributed by atoms with Gasteiger partial charge in [-0.3, -0.25) is 4.79 Å². The molecule has 1 aromatic carbocycles. The Kier molecular flexibility index (Phi) is 7.37. The number of carbonyl (C=O) groups excluding carboxylic acids is 1. The number of anilines is 1. The third-order valence-electron chi connectivity index (χ3n) is 3.55. The fourth-order valence-corrected chi connectivity index (χ4v) is 4.22. The van der Waals surface area contributed by atoms with Crippen molar-refractivity contribution in [2.45, 2.75) is 13.5 Å². The van der Waals surface area contributed by atoms with Crippen molar-refractivity contribution in [3.05, 3.63) is 57.4 Å². The first-order chi connectivity index (χ1) is 13.2. The van der Waals surface area contributed by atoms with Gasteiger partial charge in [0, 0.05) is 17.7 Å². The molecule has 2 aromatic heterocycles. The van der Waals surface area contributed by atoms with Crippen molar-refractivity contribution in [2.75, 3.05) is 25.1 Å². The molecule has 3 rings (SSSR count). The van der Waals surface area contributed by atoms with Gasteiger partial charge >= 0.3 is 0 Å². The maximum Gasteiger partial charge on any atom is 0.275 e. The van der Waals surface area contributed by atoms with Crippen molar-refractivity contribution in [1.82, 2.24) is 4.98 Å². The van der Waals surface area contributed by atoms with Gasteiger partial charge in [0.1, 0.15) is 10.7 Å². The normalized spacial score (nSPS) is 10.9. The quantitative estimate of drug-likeness (QED) is 0.473. The topological polar surface area (TPSA) is 60.5 Å². The van der Waals surface area contributed by atoms with Gasteiger partial charge in [-0.05, 0) is 36.8 Å². The number of aromatic nitrogens is 1. The van der Waals surface area contributed by atoms with Gasteiger partial charge in [-0.2, -0.15) is 0 Å². The van der Waals surface area contributed by atoms with Crippen LogP contribution in [0.15, 0.2) is 41.8 Å². The summed E-state index contributed by atoms with van der Waals surface area (Å²) in [7, 11) is 0. The first kappa shape index (κ1) is 20.0. The molecular formula is C19H19ClN2O3S2. The summed E-state index contributed by atoms with van der Waals surface area (Å²) < 4.78 is 11.5. The zero-order valence-corrected chi connectivity index (χ0v) is 17.1. The van der Waals surface area contributed by atoms with Crippen LogP contribution in [-0.4, -0.2) is 30.7 Å². The van der Waals surface area contributed by atoms with E-state index >= 15 is 0 Å². The molecule has 27 heavy (non-hydrogen) atoms. The Hall–Kier alpha value is -1.77. The number of hydrogen-bond acceptors (Lipinski definition) is 6. The van der Waals surface area contributed by atoms with E-state index in [9.17, 15) is 4.79 Å². The number of rotatable bonds is 9. The molecule has 0 bridgehead atoms. The third kappa shape index (κ3) is 5.85. The van der Waals surface area contributed by atoms with Crippen LogP contribution in [0.4, 0.5) is 5.69 Å². The van der Waals surface area contributed by atoms with Crippen LogP contribution in [-0.2, 0) is 16.1 Å². The molecule has 0 saturated heterocycles. The molecule has 8 heteroatoms. The lowest BCUT2D eigenvalue weighted by molar-refractivity contribution is 0.0453. The third-order valence-corrected chi connectivity index (χ3v) is 5.79. The Morgan fingerprint density at radius 3 is 2.85 bits per heavy atom. The lowest BCUT2D eigenvalue weighted by Gasteiger charge is -2.07. The number of hydrogen-bond donors (Lipinski definition) is 1. The molecule has 0 saturated carbocycles. The van der Waals surface area contributed by atoms with Crippen LogP contribution in [0.2, 0.25) is 4.34 Å². The highest BCUT2D eigenvalue weighted by molar-refractivity contribution is 7.23. The first-order valence-corrected chi connectivity index (χ1v) is 10.5. The van der Waals surface area contributed by atoms with Crippen LogP contribution < -0.4 is 5.32 Å². The fraction of sp³-hybridized carbons (Fsp3) is 0.263. The molecule has 0 radical (unpaired) electrons. The zero-order valence-electron chi connectivity index (χ0n) is 14.7. The number of nitrogens with one attached hydrogen (secondary N) is 1. The molecule has 0 spiro atoms. The zero-order chi connectivity index (χ0) is 19.1. The maximum atomic E-state index is 12.5. The van der Waals surface area contributed by atoms with Crippen LogP contribution >= 0.6 is 34.3 Å². The van der Waals surface area contributed by atoms with Crippen molar-refractivity contribution in [3.8, 4) is 9.88 Å². The molecule has 2 heterocycles. The van der Waals surface area contributed by atoms with Crippen LogP contribution in [0.3, 0.4) is 0 Å². The lowest BCUT2D eigenvalue weighted by atomic mass is 10.2. The number of amides is 1. The standard InChI is InChI=1S/C19H19ClN2O3S2/c1-2-24-8-9-25-11-13-4-3-5-14(10-13)21-18(23)15-12-26-19(22-15)16-6-7-17(20)27-16/h3-7,10,12H,2,8-9,11H2,1H3,(H,21,23). The highest BCUT2D eigenvalue weighted by Gasteiger charge is 2.13. The average Bonchev–Trinajstić information content (AvgIpc) is 3.31. The number of benzene rings is 1. The molecule has 0 atom stereocenters. The van der Waals surface area contributed by atoms with Gasteiger partial charge in [0.25, 0.3) is 5.91 Å². The van der Waals surface area contributed by atoms with E-state index < -0.39 is 0 Å². The van der Waals surface area contributed by atoms with Crippen molar-refractivity contribution in [1.29, 1.82) is 0 Å². The summed E-state index contributed by atoms with van der Waals surface area (Å²) >= 11 is 8.83. The van der Waals surface area contributed by atoms with Crippen molar-refractivity contribution in [2.24, 2.45) is 0 Å². The van der Waals surface area contributed by atoms with Crippen LogP contribution in [0, 0.1) is 0 Å². The first-order valence-electron chi connectivity index (χ1n) is 8.42. The summed E-state index contributed by atoms with van der Waals surface area (Å²) in [4.78, 5) is 17.8. The summed E-state index contributed by atoms with van der Waals surface area (Å²) in [6, 6.07) is 11.3. The summed E-state index contributed by atoms with van der Waals surface area (Å²) in [6.07, 6.45) is 0. The molecule has 5 nitrogen and oxygen atoms in total. The molecule has 1 amide bonds. The molecule has 3 aromatic rings. The Labute approximate surface area is 170 Å². The predicted octanol–water partition coefficient (Wildman–Crippen LogP) is 5.33. The minimum absolute atomic E-state index is 0.241. The monoisotopic (exact) mass is 422 g/mol. The maximum absolute atomic E-state index is 12.5. The second-order valence-electron chi connectivity index (χ2n) is 5.55. The van der Waals surface area contributed by atoms with Gasteiger partial charge < -0.3 is 14.8 Å². The van der Waals surface area contributed by atoms with Gasteiger partial charge in [-0.1, -0.05) is 23.7 Å². The van der Waals surface area contributed by atoms with E-state index in [0.717, 1.165) is 15.4 Å². The second-order valence-corrected chi connectivity index (χ2v) is 8.12. The van der Waals surface area contributed by atoms with Crippen LogP contribution in [0.25, 0.3) is 9.88 Å². The molecule has 0 aliphatic carbocycles. The largest absolute Gasteiger partial charge is 0.379 e. The number of halogens is 1. The van der Waals surface area contributed by atoms with E-state index in [1.165, 1.54) is 22.7 Å². The van der Waals surface area contributed by atoms with Crippen molar-refractivity contribution < 1.29 is 14.3 Å². The van der Waals surface area contributed by atoms with Crippen LogP contribution in [0.5, 0.6) is 0 Å². The molecule has 1 N–H and O–H groups in total. The number of thiophene rings is 1. The minimum Gasteiger partial charge on any atom is -0.379 e. The smallest absolute Gasteiger partial charge is 0.275 e. The summed E-state index contributed by atoms with van der Waals surface area (Å²) in [5, 5.41) is 5.42. The number of ether oxygens (including phenoxy) is 2. The molecule has 0 aliphatic heterocycles. The van der Waals surface area contributed by atoms with Crippen molar-refractivity contribution >= 4 is 45.9 Å². The molecule has 0 unspecified atom stereocenters. The van der Waals surface area contributed by atoms with E-state index in [4.69, 9.17) is 21.1 Å². The summed E-state index contributed by atoms with van der Waals surface area (Å²) in [5.74, 6) is -0.241. The van der Waals surface area contributed by atoms with E-state index in [2.05, 4.69) is 10.3 Å². The van der Waals surface area contributed by atoms with Gasteiger partial charge in [-0.15, -0.1) is 22.7 Å². The SMILES string of the molecule is CCOCCOCc1cccc(NC(=O)c2csc(-c3ccc(Cl)s3)n2)c1. The summed E-state index contributed by atoms with van der Waals surface area (Å²) in [5.41, 5.74) is 2.08. The number of nitrogens with zero attached hydrogens (tertiary/aromatic N) is 1. The van der Waals surface area contributed by atoms with Gasteiger partial charge in [0.2, 0.25) is 0 Å². The highest BCUT2D eigenvalue weighted by Crippen LogP contribution is 2.33. The molecule has 0 aliphatic rings. The molecular weight excluding hydrogens is 404 g/mol. The molecule has 0 fully saturated rings. The number of carbonyl (C=O) groups is 1. The van der Waals surface area contributed by atoms with Gasteiger partial charge in [0.05, 0.1) is 29.0 Å². The van der Waals surface area contributed by atoms with E-state index in [1.54, 1.807) is 5.38 Å². The summed E-state index contributed by atoms with van der Waals surface area (Å²) in [6.45, 7) is 4.22. The van der Waals surface area contributed by atoms with Crippen molar-refractivity contribution in [3.63, 3.8) is 0 Å². The Balaban J connectivity index is 1.58. The minimum atomic E-state index is -0.241. The second kappa shape index (κ2) is 9.96. The average molecular weight is 423 g/mol. The fourth-order valence-electron chi connectivity index (χ4n) is 2.31. The Bertz CT molecular complexity index is 894. The predicted molar refractivity (Wildman–Crippen MR) is 111 cm³/mol. The van der Waals surface area contributed by atoms with E-state index in [1.807, 2.05) is 43.3 Å². The molecule has 142 valence electrons. The lowest BCUT2D eigenvalue weighted by Crippen LogP contribution is -2.12. The Morgan fingerprint density at radius 1 is 1.22 bits per heavy atom.